The zero-order chi connectivity index (χ0) is 19.7. The van der Waals surface area contributed by atoms with Gasteiger partial charge in [-0.25, -0.2) is 9.67 Å². The van der Waals surface area contributed by atoms with Crippen LogP contribution in [0.4, 0.5) is 24.7 Å². The van der Waals surface area contributed by atoms with E-state index in [1.165, 1.54) is 16.8 Å². The molecule has 0 aliphatic carbocycles. The molecule has 144 valence electrons. The number of anilines is 2. The molecule has 2 aromatic heterocycles. The van der Waals surface area contributed by atoms with E-state index in [1.807, 2.05) is 0 Å². The third-order valence-electron chi connectivity index (χ3n) is 4.41. The topological polar surface area (TPSA) is 84.7 Å². The Bertz CT molecular complexity index is 999. The number of hydrogen-bond donors (Lipinski definition) is 2. The zero-order valence-electron chi connectivity index (χ0n) is 14.4. The average Bonchev–Trinajstić information content (AvgIpc) is 3.31. The molecule has 3 heterocycles. The van der Waals surface area contributed by atoms with Gasteiger partial charge >= 0.3 is 6.18 Å². The van der Waals surface area contributed by atoms with Crippen LogP contribution in [0.3, 0.4) is 0 Å². The molecule has 7 nitrogen and oxygen atoms in total. The van der Waals surface area contributed by atoms with Crippen LogP contribution in [0.15, 0.2) is 48.8 Å². The van der Waals surface area contributed by atoms with Crippen LogP contribution >= 0.6 is 0 Å². The second-order valence-electron chi connectivity index (χ2n) is 6.28. The first-order valence-corrected chi connectivity index (χ1v) is 8.51. The number of benzene rings is 1. The fourth-order valence-electron chi connectivity index (χ4n) is 2.98. The summed E-state index contributed by atoms with van der Waals surface area (Å²) >= 11 is 0. The smallest absolute Gasteiger partial charge is 0.354 e. The van der Waals surface area contributed by atoms with Crippen LogP contribution in [-0.2, 0) is 11.0 Å². The summed E-state index contributed by atoms with van der Waals surface area (Å²) < 4.78 is 39.6. The first-order chi connectivity index (χ1) is 13.4. The van der Waals surface area contributed by atoms with Gasteiger partial charge in [-0.3, -0.25) is 4.79 Å². The third-order valence-corrected chi connectivity index (χ3v) is 4.41. The fourth-order valence-corrected chi connectivity index (χ4v) is 2.98. The highest BCUT2D eigenvalue weighted by Gasteiger charge is 2.30. The van der Waals surface area contributed by atoms with Crippen molar-refractivity contribution in [3.8, 4) is 11.3 Å². The van der Waals surface area contributed by atoms with Crippen LogP contribution < -0.4 is 10.6 Å². The Morgan fingerprint density at radius 1 is 1.18 bits per heavy atom. The average molecular weight is 388 g/mol. The van der Waals surface area contributed by atoms with Crippen molar-refractivity contribution < 1.29 is 18.0 Å². The van der Waals surface area contributed by atoms with Gasteiger partial charge in [0.25, 0.3) is 0 Å². The molecule has 1 atom stereocenters. The minimum Gasteiger partial charge on any atom is -0.354 e. The summed E-state index contributed by atoms with van der Waals surface area (Å²) in [4.78, 5) is 16.1. The summed E-state index contributed by atoms with van der Waals surface area (Å²) in [5, 5.41) is 13.9. The monoisotopic (exact) mass is 388 g/mol. The molecule has 0 spiro atoms. The lowest BCUT2D eigenvalue weighted by molar-refractivity contribution is -0.137. The molecular weight excluding hydrogens is 373 g/mol. The number of nitrogens with zero attached hydrogens (tertiary/aromatic N) is 4. The normalized spacial score (nSPS) is 16.8. The Balaban J connectivity index is 1.59. The van der Waals surface area contributed by atoms with Crippen LogP contribution in [0, 0.1) is 0 Å². The number of carbonyl (C=O) groups excluding carboxylic acids is 1. The number of amides is 1. The summed E-state index contributed by atoms with van der Waals surface area (Å²) in [6.07, 6.45) is -0.541. The number of hydrogen-bond acceptors (Lipinski definition) is 5. The van der Waals surface area contributed by atoms with Gasteiger partial charge in [0, 0.05) is 24.0 Å². The van der Waals surface area contributed by atoms with Gasteiger partial charge in [0.1, 0.15) is 17.6 Å². The standard InChI is InChI=1S/C18H15F3N6O/c19-18(20,21)11-3-5-12(6-4-11)24-16-13(2-1-8-22-16)14-10-27(26-25-14)15-7-9-23-17(15)28/h1-6,8,10,15H,7,9H2,(H,22,24)(H,23,28). The van der Waals surface area contributed by atoms with Gasteiger partial charge in [-0.15, -0.1) is 5.10 Å². The maximum atomic E-state index is 12.7. The molecule has 0 radical (unpaired) electrons. The van der Waals surface area contributed by atoms with E-state index in [0.717, 1.165) is 12.1 Å². The first-order valence-electron chi connectivity index (χ1n) is 8.51. The van der Waals surface area contributed by atoms with E-state index < -0.39 is 17.8 Å². The van der Waals surface area contributed by atoms with Crippen LogP contribution in [-0.4, -0.2) is 32.4 Å². The first kappa shape index (κ1) is 18.0. The number of pyridine rings is 1. The predicted molar refractivity (Wildman–Crippen MR) is 94.6 cm³/mol. The van der Waals surface area contributed by atoms with Gasteiger partial charge < -0.3 is 10.6 Å². The maximum Gasteiger partial charge on any atom is 0.416 e. The van der Waals surface area contributed by atoms with E-state index in [9.17, 15) is 18.0 Å². The third kappa shape index (κ3) is 3.53. The molecule has 28 heavy (non-hydrogen) atoms. The summed E-state index contributed by atoms with van der Waals surface area (Å²) in [6, 6.07) is 7.75. The Kier molecular flexibility index (Phi) is 4.46. The molecule has 4 rings (SSSR count). The highest BCUT2D eigenvalue weighted by Crippen LogP contribution is 2.32. The van der Waals surface area contributed by atoms with Crippen LogP contribution in [0.25, 0.3) is 11.3 Å². The van der Waals surface area contributed by atoms with Gasteiger partial charge in [0.05, 0.1) is 11.8 Å². The molecule has 0 saturated carbocycles. The summed E-state index contributed by atoms with van der Waals surface area (Å²) in [7, 11) is 0. The van der Waals surface area contributed by atoms with Crippen LogP contribution in [0.5, 0.6) is 0 Å². The van der Waals surface area contributed by atoms with Crippen molar-refractivity contribution in [3.63, 3.8) is 0 Å². The van der Waals surface area contributed by atoms with Crippen molar-refractivity contribution in [1.29, 1.82) is 0 Å². The number of aromatic nitrogens is 4. The largest absolute Gasteiger partial charge is 0.416 e. The van der Waals surface area contributed by atoms with Crippen molar-refractivity contribution in [2.45, 2.75) is 18.6 Å². The second-order valence-corrected chi connectivity index (χ2v) is 6.28. The van der Waals surface area contributed by atoms with E-state index in [2.05, 4.69) is 25.9 Å². The van der Waals surface area contributed by atoms with E-state index in [0.29, 0.717) is 35.7 Å². The van der Waals surface area contributed by atoms with E-state index >= 15 is 0 Å². The molecular formula is C18H15F3N6O. The maximum absolute atomic E-state index is 12.7. The van der Waals surface area contributed by atoms with E-state index in [1.54, 1.807) is 24.5 Å². The Morgan fingerprint density at radius 2 is 1.96 bits per heavy atom. The van der Waals surface area contributed by atoms with Crippen molar-refractivity contribution in [3.05, 3.63) is 54.4 Å². The highest BCUT2D eigenvalue weighted by atomic mass is 19.4. The Morgan fingerprint density at radius 3 is 2.64 bits per heavy atom. The van der Waals surface area contributed by atoms with Gasteiger partial charge in [-0.05, 0) is 42.8 Å². The van der Waals surface area contributed by atoms with Crippen molar-refractivity contribution >= 4 is 17.4 Å². The number of carbonyl (C=O) groups is 1. The molecule has 1 aliphatic rings. The quantitative estimate of drug-likeness (QED) is 0.717. The van der Waals surface area contributed by atoms with E-state index in [4.69, 9.17) is 0 Å². The predicted octanol–water partition coefficient (Wildman–Crippen LogP) is 3.16. The minimum atomic E-state index is -4.39. The number of alkyl halides is 3. The van der Waals surface area contributed by atoms with Crippen molar-refractivity contribution in [1.82, 2.24) is 25.3 Å². The molecule has 1 aliphatic heterocycles. The van der Waals surface area contributed by atoms with Gasteiger partial charge in [0.15, 0.2) is 0 Å². The Hall–Kier alpha value is -3.43. The van der Waals surface area contributed by atoms with Crippen molar-refractivity contribution in [2.75, 3.05) is 11.9 Å². The van der Waals surface area contributed by atoms with Gasteiger partial charge in [0.2, 0.25) is 5.91 Å². The van der Waals surface area contributed by atoms with Crippen molar-refractivity contribution in [2.24, 2.45) is 0 Å². The molecule has 10 heteroatoms. The fraction of sp³-hybridized carbons (Fsp3) is 0.222. The highest BCUT2D eigenvalue weighted by molar-refractivity contribution is 5.82. The molecule has 1 amide bonds. The SMILES string of the molecule is O=C1NCCC1n1cc(-c2cccnc2Nc2ccc(C(F)(F)F)cc2)nn1. The number of nitrogens with one attached hydrogen (secondary N) is 2. The second kappa shape index (κ2) is 6.95. The molecule has 0 bridgehead atoms. The van der Waals surface area contributed by atoms with Gasteiger partial charge in [-0.2, -0.15) is 13.2 Å². The molecule has 3 aromatic rings. The molecule has 1 unspecified atom stereocenters. The lowest BCUT2D eigenvalue weighted by Crippen LogP contribution is -2.22. The summed E-state index contributed by atoms with van der Waals surface area (Å²) in [5.74, 6) is 0.316. The van der Waals surface area contributed by atoms with Crippen LogP contribution in [0.1, 0.15) is 18.0 Å². The Labute approximate surface area is 157 Å². The van der Waals surface area contributed by atoms with E-state index in [-0.39, 0.29) is 5.91 Å². The summed E-state index contributed by atoms with van der Waals surface area (Å²) in [6.45, 7) is 0.590. The van der Waals surface area contributed by atoms with Gasteiger partial charge in [-0.1, -0.05) is 5.21 Å². The number of rotatable bonds is 4. The molecule has 1 fully saturated rings. The molecule has 1 aromatic carbocycles. The molecule has 2 N–H and O–H groups in total. The molecule has 1 saturated heterocycles. The number of halogens is 3. The van der Waals surface area contributed by atoms with Crippen LogP contribution in [0.2, 0.25) is 0 Å². The summed E-state index contributed by atoms with van der Waals surface area (Å²) in [5.41, 5.74) is 0.849. The minimum absolute atomic E-state index is 0.106. The zero-order valence-corrected chi connectivity index (χ0v) is 14.4. The lowest BCUT2D eigenvalue weighted by Gasteiger charge is -2.11. The lowest BCUT2D eigenvalue weighted by atomic mass is 10.1.